The molecule has 1 atom stereocenters. The van der Waals surface area contributed by atoms with Gasteiger partial charge in [-0.25, -0.2) is 0 Å². The van der Waals surface area contributed by atoms with Gasteiger partial charge in [0.25, 0.3) is 0 Å². The molecule has 1 N–H and O–H groups in total. The summed E-state index contributed by atoms with van der Waals surface area (Å²) in [4.78, 5) is 0. The van der Waals surface area contributed by atoms with Gasteiger partial charge in [0.2, 0.25) is 0 Å². The molecule has 0 aromatic heterocycles. The van der Waals surface area contributed by atoms with Crippen LogP contribution in [0.25, 0.3) is 0 Å². The summed E-state index contributed by atoms with van der Waals surface area (Å²) in [6.07, 6.45) is 1.40. The zero-order valence-electron chi connectivity index (χ0n) is 9.33. The summed E-state index contributed by atoms with van der Waals surface area (Å²) in [5.74, 6) is 0.583. The van der Waals surface area contributed by atoms with Crippen molar-refractivity contribution in [2.24, 2.45) is 0 Å². The number of hydrogen-bond donors (Lipinski definition) is 1. The summed E-state index contributed by atoms with van der Waals surface area (Å²) in [5.41, 5.74) is 2.59. The quantitative estimate of drug-likeness (QED) is 0.777. The lowest BCUT2D eigenvalue weighted by molar-refractivity contribution is 0.171. The average molecular weight is 192 g/mol. The number of rotatable bonds is 4. The van der Waals surface area contributed by atoms with Crippen LogP contribution in [0.4, 0.5) is 0 Å². The summed E-state index contributed by atoms with van der Waals surface area (Å²) < 4.78 is 0. The molecule has 0 heterocycles. The normalized spacial score (nSPS) is 13.2. The summed E-state index contributed by atoms with van der Waals surface area (Å²) in [7, 11) is 0. The Morgan fingerprint density at radius 3 is 2.14 bits per heavy atom. The van der Waals surface area contributed by atoms with Crippen molar-refractivity contribution in [1.82, 2.24) is 0 Å². The molecule has 1 nitrogen and oxygen atoms in total. The van der Waals surface area contributed by atoms with Gasteiger partial charge in [-0.3, -0.25) is 0 Å². The Morgan fingerprint density at radius 2 is 1.71 bits per heavy atom. The fraction of sp³-hybridized carbons (Fsp3) is 0.538. The number of aliphatic hydroxyl groups excluding tert-OH is 1. The number of aliphatic hydroxyl groups is 1. The van der Waals surface area contributed by atoms with Gasteiger partial charge in [0, 0.05) is 0 Å². The van der Waals surface area contributed by atoms with Gasteiger partial charge in [-0.1, -0.05) is 45.0 Å². The van der Waals surface area contributed by atoms with Gasteiger partial charge in [-0.2, -0.15) is 0 Å². The van der Waals surface area contributed by atoms with Crippen LogP contribution in [-0.4, -0.2) is 11.2 Å². The van der Waals surface area contributed by atoms with Crippen LogP contribution in [-0.2, 0) is 6.42 Å². The second-order valence-corrected chi connectivity index (χ2v) is 4.16. The first-order valence-electron chi connectivity index (χ1n) is 5.40. The lowest BCUT2D eigenvalue weighted by atomic mass is 9.99. The molecule has 78 valence electrons. The average Bonchev–Trinajstić information content (AvgIpc) is 2.18. The first-order chi connectivity index (χ1) is 6.63. The van der Waals surface area contributed by atoms with E-state index in [1.54, 1.807) is 0 Å². The van der Waals surface area contributed by atoms with E-state index in [4.69, 9.17) is 0 Å². The Bertz CT molecular complexity index is 261. The van der Waals surface area contributed by atoms with Gasteiger partial charge in [-0.05, 0) is 29.9 Å². The van der Waals surface area contributed by atoms with Crippen molar-refractivity contribution >= 4 is 0 Å². The van der Waals surface area contributed by atoms with Gasteiger partial charge in [0.15, 0.2) is 0 Å². The third-order valence-electron chi connectivity index (χ3n) is 2.59. The van der Waals surface area contributed by atoms with Crippen LogP contribution < -0.4 is 0 Å². The van der Waals surface area contributed by atoms with Crippen molar-refractivity contribution in [1.29, 1.82) is 0 Å². The Labute approximate surface area is 86.8 Å². The zero-order chi connectivity index (χ0) is 10.6. The van der Waals surface area contributed by atoms with Crippen molar-refractivity contribution in [2.75, 3.05) is 0 Å². The molecule has 1 unspecified atom stereocenters. The number of benzene rings is 1. The van der Waals surface area contributed by atoms with Crippen molar-refractivity contribution < 1.29 is 5.11 Å². The topological polar surface area (TPSA) is 20.2 Å². The molecule has 0 amide bonds. The van der Waals surface area contributed by atoms with Gasteiger partial charge in [-0.15, -0.1) is 0 Å². The van der Waals surface area contributed by atoms with Crippen LogP contribution in [0.5, 0.6) is 0 Å². The summed E-state index contributed by atoms with van der Waals surface area (Å²) >= 11 is 0. The minimum atomic E-state index is -0.195. The van der Waals surface area contributed by atoms with Gasteiger partial charge < -0.3 is 5.11 Å². The first-order valence-corrected chi connectivity index (χ1v) is 5.40. The molecule has 0 radical (unpaired) electrons. The van der Waals surface area contributed by atoms with E-state index in [-0.39, 0.29) is 6.10 Å². The van der Waals surface area contributed by atoms with E-state index in [0.29, 0.717) is 5.92 Å². The minimum absolute atomic E-state index is 0.195. The van der Waals surface area contributed by atoms with Crippen LogP contribution in [0, 0.1) is 0 Å². The van der Waals surface area contributed by atoms with Gasteiger partial charge >= 0.3 is 0 Å². The predicted molar refractivity (Wildman–Crippen MR) is 60.5 cm³/mol. The van der Waals surface area contributed by atoms with Gasteiger partial charge in [0.05, 0.1) is 6.10 Å². The maximum absolute atomic E-state index is 9.49. The van der Waals surface area contributed by atoms with Crippen molar-refractivity contribution in [3.05, 3.63) is 35.4 Å². The second kappa shape index (κ2) is 5.16. The molecule has 0 spiro atoms. The molecule has 0 bridgehead atoms. The summed E-state index contributed by atoms with van der Waals surface area (Å²) in [6.45, 7) is 6.39. The Kier molecular flexibility index (Phi) is 4.15. The van der Waals surface area contributed by atoms with Crippen molar-refractivity contribution in [2.45, 2.75) is 45.6 Å². The largest absolute Gasteiger partial charge is 0.393 e. The molecule has 0 aliphatic rings. The standard InChI is InChI=1S/C13H20O/c1-4-13(14)9-11-5-7-12(8-6-11)10(2)3/h5-8,10,13-14H,4,9H2,1-3H3. The molecule has 0 fully saturated rings. The highest BCUT2D eigenvalue weighted by molar-refractivity contribution is 5.25. The van der Waals surface area contributed by atoms with E-state index in [1.807, 2.05) is 6.92 Å². The molecule has 1 heteroatoms. The Morgan fingerprint density at radius 1 is 1.14 bits per heavy atom. The van der Waals surface area contributed by atoms with E-state index in [1.165, 1.54) is 11.1 Å². The molecule has 1 aromatic carbocycles. The Balaban J connectivity index is 2.64. The van der Waals surface area contributed by atoms with E-state index >= 15 is 0 Å². The third-order valence-corrected chi connectivity index (χ3v) is 2.59. The maximum Gasteiger partial charge on any atom is 0.0577 e. The molecule has 0 aliphatic carbocycles. The molecule has 1 aromatic rings. The fourth-order valence-electron chi connectivity index (χ4n) is 1.46. The Hall–Kier alpha value is -0.820. The minimum Gasteiger partial charge on any atom is -0.393 e. The van der Waals surface area contributed by atoms with E-state index in [9.17, 15) is 5.11 Å². The summed E-state index contributed by atoms with van der Waals surface area (Å²) in [5, 5.41) is 9.49. The molecule has 1 rings (SSSR count). The SMILES string of the molecule is CCC(O)Cc1ccc(C(C)C)cc1. The first kappa shape index (κ1) is 11.3. The third kappa shape index (κ3) is 3.15. The zero-order valence-corrected chi connectivity index (χ0v) is 9.33. The van der Waals surface area contributed by atoms with Crippen molar-refractivity contribution in [3.8, 4) is 0 Å². The molecule has 14 heavy (non-hydrogen) atoms. The molecule has 0 aliphatic heterocycles. The molecular weight excluding hydrogens is 172 g/mol. The van der Waals surface area contributed by atoms with E-state index in [2.05, 4.69) is 38.1 Å². The van der Waals surface area contributed by atoms with Crippen molar-refractivity contribution in [3.63, 3.8) is 0 Å². The monoisotopic (exact) mass is 192 g/mol. The summed E-state index contributed by atoms with van der Waals surface area (Å²) in [6, 6.07) is 8.55. The predicted octanol–water partition coefficient (Wildman–Crippen LogP) is 3.12. The van der Waals surface area contributed by atoms with E-state index < -0.39 is 0 Å². The number of hydrogen-bond acceptors (Lipinski definition) is 1. The van der Waals surface area contributed by atoms with Crippen LogP contribution in [0.1, 0.15) is 44.2 Å². The van der Waals surface area contributed by atoms with Crippen LogP contribution in [0.2, 0.25) is 0 Å². The second-order valence-electron chi connectivity index (χ2n) is 4.16. The lowest BCUT2D eigenvalue weighted by Crippen LogP contribution is -2.08. The lowest BCUT2D eigenvalue weighted by Gasteiger charge is -2.09. The molecule has 0 saturated heterocycles. The van der Waals surface area contributed by atoms with Crippen LogP contribution in [0.15, 0.2) is 24.3 Å². The fourth-order valence-corrected chi connectivity index (χ4v) is 1.46. The molecular formula is C13H20O. The van der Waals surface area contributed by atoms with Crippen LogP contribution in [0.3, 0.4) is 0 Å². The maximum atomic E-state index is 9.49. The molecule has 0 saturated carbocycles. The smallest absolute Gasteiger partial charge is 0.0577 e. The van der Waals surface area contributed by atoms with E-state index in [0.717, 1.165) is 12.8 Å². The highest BCUT2D eigenvalue weighted by atomic mass is 16.3. The highest BCUT2D eigenvalue weighted by Gasteiger charge is 2.03. The van der Waals surface area contributed by atoms with Crippen LogP contribution >= 0.6 is 0 Å². The van der Waals surface area contributed by atoms with Gasteiger partial charge in [0.1, 0.15) is 0 Å². The highest BCUT2D eigenvalue weighted by Crippen LogP contribution is 2.15.